The number of carbonyl (C=O) groups excluding carboxylic acids is 1. The molecule has 1 aliphatic rings. The van der Waals surface area contributed by atoms with Gasteiger partial charge in [0.2, 0.25) is 0 Å². The van der Waals surface area contributed by atoms with Gasteiger partial charge >= 0.3 is 0 Å². The number of amides is 1. The maximum Gasteiger partial charge on any atom is 0.270 e. The Kier molecular flexibility index (Phi) is 4.80. The predicted octanol–water partition coefficient (Wildman–Crippen LogP) is 7.88. The Hall–Kier alpha value is -2.17. The minimum Gasteiger partial charge on any atom is -0.296 e. The Morgan fingerprint density at radius 2 is 1.94 bits per heavy atom. The Balaban J connectivity index is 1.72. The summed E-state index contributed by atoms with van der Waals surface area (Å²) in [5.41, 5.74) is 2.06. The topological polar surface area (TPSA) is 63.5 Å². The Labute approximate surface area is 198 Å². The second kappa shape index (κ2) is 7.18. The molecule has 0 aliphatic carbocycles. The molecule has 0 unspecified atom stereocenters. The van der Waals surface area contributed by atoms with Crippen molar-refractivity contribution < 1.29 is 9.72 Å². The standard InChI is InChI=1S/C21H13ClN2O3S4/c1-21(2)18-15(20(28)31-30-18)11-5-3-4-6-13(11)23(21)19(25)17-16(22)12-8-7-10(24(26)27)9-14(12)29-17/h3-9H,1-2H3. The Bertz CT molecular complexity index is 1470. The quantitative estimate of drug-likeness (QED) is 0.120. The van der Waals surface area contributed by atoms with Crippen LogP contribution < -0.4 is 4.90 Å². The molecular weight excluding hydrogens is 492 g/mol. The first kappa shape index (κ1) is 20.7. The SMILES string of the molecule is CC1(C)c2ssc(=S)c2-c2ccccc2N1C(=O)c1sc2cc([N+](=O)[O-])ccc2c1Cl. The van der Waals surface area contributed by atoms with Crippen molar-refractivity contribution in [3.8, 4) is 11.1 Å². The minimum atomic E-state index is -0.634. The number of non-ortho nitro benzene ring substituents is 1. The van der Waals surface area contributed by atoms with Crippen molar-refractivity contribution in [2.45, 2.75) is 19.4 Å². The summed E-state index contributed by atoms with van der Waals surface area (Å²) in [6.07, 6.45) is 0. The fourth-order valence-corrected chi connectivity index (χ4v) is 8.70. The summed E-state index contributed by atoms with van der Waals surface area (Å²) < 4.78 is 1.43. The number of nitro groups is 1. The van der Waals surface area contributed by atoms with Gasteiger partial charge in [-0.05, 0) is 26.0 Å². The van der Waals surface area contributed by atoms with E-state index in [9.17, 15) is 14.9 Å². The van der Waals surface area contributed by atoms with Gasteiger partial charge in [-0.25, -0.2) is 0 Å². The molecule has 4 aromatic rings. The van der Waals surface area contributed by atoms with Gasteiger partial charge in [0.25, 0.3) is 11.6 Å². The summed E-state index contributed by atoms with van der Waals surface area (Å²) in [5, 5.41) is 12.1. The number of thiophene rings is 1. The number of anilines is 1. The lowest BCUT2D eigenvalue weighted by atomic mass is 9.87. The average molecular weight is 505 g/mol. The number of fused-ring (bicyclic) bond motifs is 4. The lowest BCUT2D eigenvalue weighted by molar-refractivity contribution is -0.384. The number of halogens is 1. The van der Waals surface area contributed by atoms with Crippen molar-refractivity contribution in [3.05, 3.63) is 71.2 Å². The van der Waals surface area contributed by atoms with Crippen LogP contribution in [-0.2, 0) is 5.54 Å². The largest absolute Gasteiger partial charge is 0.296 e. The third-order valence-corrected chi connectivity index (χ3v) is 10.4. The molecule has 0 fully saturated rings. The van der Waals surface area contributed by atoms with E-state index in [-0.39, 0.29) is 11.6 Å². The number of nitrogens with zero attached hydrogens (tertiary/aromatic N) is 2. The van der Waals surface area contributed by atoms with Crippen molar-refractivity contribution in [2.75, 3.05) is 4.90 Å². The zero-order valence-corrected chi connectivity index (χ0v) is 20.2. The number of rotatable bonds is 2. The third kappa shape index (κ3) is 2.99. The molecule has 2 aromatic carbocycles. The van der Waals surface area contributed by atoms with E-state index < -0.39 is 10.5 Å². The number of para-hydroxylation sites is 1. The molecule has 0 radical (unpaired) electrons. The first-order chi connectivity index (χ1) is 14.7. The highest BCUT2D eigenvalue weighted by Crippen LogP contribution is 2.53. The summed E-state index contributed by atoms with van der Waals surface area (Å²) in [7, 11) is 3.13. The van der Waals surface area contributed by atoms with Gasteiger partial charge in [0.15, 0.2) is 0 Å². The van der Waals surface area contributed by atoms with Crippen LogP contribution in [0.25, 0.3) is 21.2 Å². The van der Waals surface area contributed by atoms with Gasteiger partial charge in [0.1, 0.15) is 8.70 Å². The monoisotopic (exact) mass is 504 g/mol. The highest BCUT2D eigenvalue weighted by molar-refractivity contribution is 7.80. The molecule has 3 heterocycles. The number of hydrogen-bond acceptors (Lipinski definition) is 7. The molecular formula is C21H13ClN2O3S4. The molecule has 31 heavy (non-hydrogen) atoms. The Morgan fingerprint density at radius 1 is 1.19 bits per heavy atom. The van der Waals surface area contributed by atoms with E-state index in [0.717, 1.165) is 25.5 Å². The molecule has 10 heteroatoms. The van der Waals surface area contributed by atoms with Gasteiger partial charge < -0.3 is 0 Å². The van der Waals surface area contributed by atoms with Crippen molar-refractivity contribution in [3.63, 3.8) is 0 Å². The molecule has 0 saturated carbocycles. The minimum absolute atomic E-state index is 0.0317. The van der Waals surface area contributed by atoms with E-state index >= 15 is 0 Å². The molecule has 5 rings (SSSR count). The number of benzene rings is 2. The molecule has 1 amide bonds. The van der Waals surface area contributed by atoms with E-state index in [0.29, 0.717) is 20.0 Å². The number of hydrogen-bond donors (Lipinski definition) is 0. The third-order valence-electron chi connectivity index (χ3n) is 5.38. The van der Waals surface area contributed by atoms with E-state index in [4.69, 9.17) is 23.8 Å². The summed E-state index contributed by atoms with van der Waals surface area (Å²) >= 11 is 13.4. The average Bonchev–Trinajstić information content (AvgIpc) is 3.28. The summed E-state index contributed by atoms with van der Waals surface area (Å²) in [5.74, 6) is -0.235. The summed E-state index contributed by atoms with van der Waals surface area (Å²) in [6.45, 7) is 4.01. The van der Waals surface area contributed by atoms with Crippen molar-refractivity contribution >= 4 is 83.2 Å². The van der Waals surface area contributed by atoms with Crippen LogP contribution in [0.2, 0.25) is 5.02 Å². The molecule has 0 bridgehead atoms. The van der Waals surface area contributed by atoms with E-state index in [1.165, 1.54) is 33.8 Å². The highest BCUT2D eigenvalue weighted by Gasteiger charge is 2.44. The van der Waals surface area contributed by atoms with Gasteiger partial charge in [0.05, 0.1) is 26.0 Å². The molecule has 5 nitrogen and oxygen atoms in total. The zero-order chi connectivity index (χ0) is 22.1. The van der Waals surface area contributed by atoms with Crippen LogP contribution in [0.3, 0.4) is 0 Å². The predicted molar refractivity (Wildman–Crippen MR) is 132 cm³/mol. The smallest absolute Gasteiger partial charge is 0.270 e. The van der Waals surface area contributed by atoms with Crippen LogP contribution >= 0.6 is 55.8 Å². The molecule has 156 valence electrons. The number of nitro benzene ring substituents is 1. The van der Waals surface area contributed by atoms with Gasteiger partial charge in [-0.1, -0.05) is 62.7 Å². The van der Waals surface area contributed by atoms with Crippen molar-refractivity contribution in [1.29, 1.82) is 0 Å². The van der Waals surface area contributed by atoms with E-state index in [2.05, 4.69) is 0 Å². The lowest BCUT2D eigenvalue weighted by Gasteiger charge is -2.42. The first-order valence-corrected chi connectivity index (χ1v) is 12.9. The first-order valence-electron chi connectivity index (χ1n) is 9.16. The fraction of sp³-hybridized carbons (Fsp3) is 0.143. The molecule has 0 spiro atoms. The number of carbonyl (C=O) groups is 1. The Morgan fingerprint density at radius 3 is 2.68 bits per heavy atom. The van der Waals surface area contributed by atoms with Crippen molar-refractivity contribution in [1.82, 2.24) is 0 Å². The van der Waals surface area contributed by atoms with Crippen LogP contribution in [0.1, 0.15) is 28.4 Å². The van der Waals surface area contributed by atoms with Crippen molar-refractivity contribution in [2.24, 2.45) is 0 Å². The van der Waals surface area contributed by atoms with Gasteiger partial charge in [0, 0.05) is 33.3 Å². The molecule has 2 aromatic heterocycles. The second-order valence-corrected chi connectivity index (χ2v) is 11.8. The molecule has 1 aliphatic heterocycles. The van der Waals surface area contributed by atoms with Gasteiger partial charge in [-0.3, -0.25) is 19.8 Å². The zero-order valence-electron chi connectivity index (χ0n) is 16.2. The molecule has 0 saturated heterocycles. The van der Waals surface area contributed by atoms with Crippen LogP contribution in [0, 0.1) is 13.9 Å². The lowest BCUT2D eigenvalue weighted by Crippen LogP contribution is -2.47. The van der Waals surface area contributed by atoms with Gasteiger partial charge in [-0.2, -0.15) is 0 Å². The normalized spacial score (nSPS) is 14.4. The van der Waals surface area contributed by atoms with Crippen LogP contribution in [0.15, 0.2) is 42.5 Å². The summed E-state index contributed by atoms with van der Waals surface area (Å²) in [6, 6.07) is 12.2. The van der Waals surface area contributed by atoms with Crippen LogP contribution in [0.4, 0.5) is 11.4 Å². The summed E-state index contributed by atoms with van der Waals surface area (Å²) in [4.78, 5) is 27.8. The maximum absolute atomic E-state index is 13.9. The molecule has 0 atom stereocenters. The maximum atomic E-state index is 13.9. The van der Waals surface area contributed by atoms with Crippen LogP contribution in [0.5, 0.6) is 0 Å². The highest BCUT2D eigenvalue weighted by atomic mass is 35.5. The van der Waals surface area contributed by atoms with Gasteiger partial charge in [-0.15, -0.1) is 11.3 Å². The van der Waals surface area contributed by atoms with Crippen LogP contribution in [-0.4, -0.2) is 10.8 Å². The fourth-order valence-electron chi connectivity index (χ4n) is 3.95. The van der Waals surface area contributed by atoms with E-state index in [1.807, 2.05) is 38.1 Å². The van der Waals surface area contributed by atoms with E-state index in [1.54, 1.807) is 21.3 Å². The molecule has 0 N–H and O–H groups in total. The second-order valence-electron chi connectivity index (χ2n) is 7.56.